The van der Waals surface area contributed by atoms with E-state index >= 15 is 0 Å². The maximum atomic E-state index is 9.65. The van der Waals surface area contributed by atoms with Gasteiger partial charge in [-0.2, -0.15) is 0 Å². The molecule has 1 atom stereocenters. The van der Waals surface area contributed by atoms with Crippen molar-refractivity contribution in [1.82, 2.24) is 0 Å². The molecule has 3 N–H and O–H groups in total. The van der Waals surface area contributed by atoms with Crippen LogP contribution in [0.1, 0.15) is 0 Å². The molecule has 12 heavy (non-hydrogen) atoms. The zero-order valence-electron chi connectivity index (χ0n) is 5.97. The Morgan fingerprint density at radius 3 is 2.08 bits per heavy atom. The van der Waals surface area contributed by atoms with Crippen molar-refractivity contribution in [3.63, 3.8) is 0 Å². The van der Waals surface area contributed by atoms with Gasteiger partial charge in [-0.05, 0) is 0 Å². The van der Waals surface area contributed by atoms with Gasteiger partial charge in [0.15, 0.2) is 0 Å². The average molecular weight is 180 g/mol. The Morgan fingerprint density at radius 1 is 1.42 bits per heavy atom. The smallest absolute Gasteiger partial charge is 0.450 e. The zero-order chi connectivity index (χ0) is 9.56. The van der Waals surface area contributed by atoms with E-state index in [2.05, 4.69) is 9.47 Å². The highest BCUT2D eigenvalue weighted by atomic mass is 16.7. The molecule has 0 radical (unpaired) electrons. The van der Waals surface area contributed by atoms with Crippen molar-refractivity contribution in [3.8, 4) is 0 Å². The van der Waals surface area contributed by atoms with Crippen LogP contribution in [0.25, 0.3) is 0 Å². The lowest BCUT2D eigenvalue weighted by molar-refractivity contribution is 0.0848. The van der Waals surface area contributed by atoms with E-state index in [0.29, 0.717) is 6.61 Å². The lowest BCUT2D eigenvalue weighted by Gasteiger charge is -1.91. The van der Waals surface area contributed by atoms with Crippen LogP contribution in [0.2, 0.25) is 0 Å². The lowest BCUT2D eigenvalue weighted by atomic mass is 10.5. The van der Waals surface area contributed by atoms with E-state index in [1.165, 1.54) is 0 Å². The van der Waals surface area contributed by atoms with Crippen molar-refractivity contribution in [3.05, 3.63) is 0 Å². The highest BCUT2D eigenvalue weighted by Crippen LogP contribution is 2.07. The van der Waals surface area contributed by atoms with E-state index in [-0.39, 0.29) is 12.7 Å². The van der Waals surface area contributed by atoms with Crippen LogP contribution in [-0.2, 0) is 9.47 Å². The molecule has 70 valence electrons. The average Bonchev–Trinajstić information content (AvgIpc) is 2.63. The fourth-order valence-corrected chi connectivity index (χ4v) is 0.329. The lowest BCUT2D eigenvalue weighted by Crippen LogP contribution is -2.06. The van der Waals surface area contributed by atoms with E-state index in [1.807, 2.05) is 0 Å². The van der Waals surface area contributed by atoms with Crippen molar-refractivity contribution >= 4 is 12.3 Å². The van der Waals surface area contributed by atoms with E-state index in [4.69, 9.17) is 20.1 Å². The first-order valence-electron chi connectivity index (χ1n) is 2.91. The van der Waals surface area contributed by atoms with Gasteiger partial charge in [0.05, 0.1) is 6.61 Å². The van der Waals surface area contributed by atoms with Gasteiger partial charge in [-0.1, -0.05) is 0 Å². The van der Waals surface area contributed by atoms with Crippen LogP contribution in [-0.4, -0.2) is 46.9 Å². The number of carboxylic acid groups (broad SMARTS) is 3. The molecule has 0 aromatic heterocycles. The summed E-state index contributed by atoms with van der Waals surface area (Å²) in [5, 5.41) is 21.9. The van der Waals surface area contributed by atoms with E-state index in [0.717, 1.165) is 0 Å². The van der Waals surface area contributed by atoms with Crippen LogP contribution >= 0.6 is 0 Å². The SMILES string of the molecule is O=C(O)O.O=C(O)OCC1CO1. The molecule has 0 amide bonds. The van der Waals surface area contributed by atoms with Crippen molar-refractivity contribution in [2.24, 2.45) is 0 Å². The second-order valence-electron chi connectivity index (χ2n) is 1.81. The van der Waals surface area contributed by atoms with Crippen LogP contribution in [0.5, 0.6) is 0 Å². The Hall–Kier alpha value is -1.50. The Balaban J connectivity index is 0.000000261. The minimum Gasteiger partial charge on any atom is -0.450 e. The third-order valence-electron chi connectivity index (χ3n) is 0.795. The fraction of sp³-hybridized carbons (Fsp3) is 0.600. The summed E-state index contributed by atoms with van der Waals surface area (Å²) < 4.78 is 8.83. The quantitative estimate of drug-likeness (QED) is 0.413. The molecule has 1 aliphatic rings. The Morgan fingerprint density at radius 2 is 1.83 bits per heavy atom. The molecular weight excluding hydrogens is 172 g/mol. The molecule has 0 saturated carbocycles. The summed E-state index contributed by atoms with van der Waals surface area (Å²) in [6.07, 6.45) is -3.04. The normalized spacial score (nSPS) is 18.5. The molecule has 1 heterocycles. The molecule has 1 saturated heterocycles. The number of hydrogen-bond donors (Lipinski definition) is 3. The van der Waals surface area contributed by atoms with Crippen LogP contribution in [0.15, 0.2) is 0 Å². The molecule has 0 aliphatic carbocycles. The molecule has 0 aromatic carbocycles. The summed E-state index contributed by atoms with van der Waals surface area (Å²) in [4.78, 5) is 18.2. The van der Waals surface area contributed by atoms with Crippen molar-refractivity contribution in [2.75, 3.05) is 13.2 Å². The van der Waals surface area contributed by atoms with Gasteiger partial charge in [0.2, 0.25) is 0 Å². The van der Waals surface area contributed by atoms with Crippen molar-refractivity contribution < 1.29 is 34.4 Å². The third kappa shape index (κ3) is 11.3. The summed E-state index contributed by atoms with van der Waals surface area (Å²) in [5.74, 6) is 0. The molecule has 7 heteroatoms. The van der Waals surface area contributed by atoms with Crippen molar-refractivity contribution in [1.29, 1.82) is 0 Å². The predicted octanol–water partition coefficient (Wildman–Crippen LogP) is 0.302. The Labute approximate surface area is 67.1 Å². The maximum absolute atomic E-state index is 9.65. The molecule has 0 spiro atoms. The summed E-state index contributed by atoms with van der Waals surface area (Å²) in [6, 6.07) is 0. The van der Waals surface area contributed by atoms with Gasteiger partial charge in [0.1, 0.15) is 12.7 Å². The van der Waals surface area contributed by atoms with Crippen LogP contribution in [0, 0.1) is 0 Å². The number of epoxide rings is 1. The fourth-order valence-electron chi connectivity index (χ4n) is 0.329. The first-order valence-corrected chi connectivity index (χ1v) is 2.91. The predicted molar refractivity (Wildman–Crippen MR) is 34.4 cm³/mol. The van der Waals surface area contributed by atoms with E-state index in [1.54, 1.807) is 0 Å². The second-order valence-corrected chi connectivity index (χ2v) is 1.81. The standard InChI is InChI=1S/C4H6O4.CH2O3/c5-4(6)8-2-3-1-7-3;2-1(3)4/h3H,1-2H2,(H,5,6);(H2,2,3,4). The molecule has 1 aliphatic heterocycles. The van der Waals surface area contributed by atoms with Gasteiger partial charge < -0.3 is 24.8 Å². The third-order valence-corrected chi connectivity index (χ3v) is 0.795. The topological polar surface area (TPSA) is 117 Å². The summed E-state index contributed by atoms with van der Waals surface area (Å²) in [7, 11) is 0. The molecular formula is C5H8O7. The minimum atomic E-state index is -1.83. The second kappa shape index (κ2) is 5.19. The van der Waals surface area contributed by atoms with Crippen LogP contribution in [0.4, 0.5) is 9.59 Å². The maximum Gasteiger partial charge on any atom is 0.505 e. The molecule has 0 bridgehead atoms. The summed E-state index contributed by atoms with van der Waals surface area (Å²) in [6.45, 7) is 0.808. The molecule has 1 fully saturated rings. The van der Waals surface area contributed by atoms with Crippen LogP contribution < -0.4 is 0 Å². The van der Waals surface area contributed by atoms with Crippen molar-refractivity contribution in [2.45, 2.75) is 6.10 Å². The molecule has 1 unspecified atom stereocenters. The van der Waals surface area contributed by atoms with Gasteiger partial charge in [-0.15, -0.1) is 0 Å². The summed E-state index contributed by atoms with van der Waals surface area (Å²) >= 11 is 0. The first kappa shape index (κ1) is 10.5. The Kier molecular flexibility index (Phi) is 4.54. The zero-order valence-corrected chi connectivity index (χ0v) is 5.97. The molecule has 1 rings (SSSR count). The number of hydrogen-bond acceptors (Lipinski definition) is 4. The van der Waals surface area contributed by atoms with Gasteiger partial charge in [0.25, 0.3) is 0 Å². The van der Waals surface area contributed by atoms with E-state index < -0.39 is 12.3 Å². The monoisotopic (exact) mass is 180 g/mol. The first-order chi connectivity index (χ1) is 5.52. The molecule has 0 aromatic rings. The van der Waals surface area contributed by atoms with Gasteiger partial charge in [0, 0.05) is 0 Å². The van der Waals surface area contributed by atoms with Crippen LogP contribution in [0.3, 0.4) is 0 Å². The number of carbonyl (C=O) groups is 2. The van der Waals surface area contributed by atoms with E-state index in [9.17, 15) is 4.79 Å². The van der Waals surface area contributed by atoms with Gasteiger partial charge in [-0.3, -0.25) is 0 Å². The Bertz CT molecular complexity index is 157. The number of ether oxygens (including phenoxy) is 2. The van der Waals surface area contributed by atoms with Gasteiger partial charge in [-0.25, -0.2) is 9.59 Å². The highest BCUT2D eigenvalue weighted by molar-refractivity contribution is 5.56. The highest BCUT2D eigenvalue weighted by Gasteiger charge is 2.23. The largest absolute Gasteiger partial charge is 0.505 e. The minimum absolute atomic E-state index is 0.0334. The summed E-state index contributed by atoms with van der Waals surface area (Å²) in [5.41, 5.74) is 0. The molecule has 7 nitrogen and oxygen atoms in total. The van der Waals surface area contributed by atoms with Gasteiger partial charge >= 0.3 is 12.3 Å². The number of rotatable bonds is 2.